The Labute approximate surface area is 280 Å². The molecule has 0 rings (SSSR count). The van der Waals surface area contributed by atoms with Gasteiger partial charge < -0.3 is 0 Å². The minimum absolute atomic E-state index is 0. The monoisotopic (exact) mass is 1170 g/mol. The summed E-state index contributed by atoms with van der Waals surface area (Å²) in [6, 6.07) is 0. The van der Waals surface area contributed by atoms with Gasteiger partial charge in [0.15, 0.2) is 0 Å². The van der Waals surface area contributed by atoms with Gasteiger partial charge in [0.05, 0.1) is 0 Å². The first-order valence-corrected chi connectivity index (χ1v) is 16.4. The summed E-state index contributed by atoms with van der Waals surface area (Å²) in [7, 11) is 0. The van der Waals surface area contributed by atoms with Crippen molar-refractivity contribution in [2.24, 2.45) is 0 Å². The Kier molecular flexibility index (Phi) is 54.4. The molecule has 0 bridgehead atoms. The van der Waals surface area contributed by atoms with Gasteiger partial charge in [-0.1, -0.05) is 0 Å². The minimum Gasteiger partial charge on any atom is 3.00 e. The fourth-order valence-electron chi connectivity index (χ4n) is 0. The molecule has 0 aliphatic rings. The average molecular weight is 1170 g/mol. The van der Waals surface area contributed by atoms with Crippen molar-refractivity contribution in [3.8, 4) is 0 Å². The Bertz CT molecular complexity index is 350. The summed E-state index contributed by atoms with van der Waals surface area (Å²) in [5.74, 6) is 0. The molecular weight excluding hydrogens is 1170 g/mol. The predicted molar refractivity (Wildman–Crippen MR) is 18.4 cm³/mol. The summed E-state index contributed by atoms with van der Waals surface area (Å²) in [6.07, 6.45) is 0. The van der Waals surface area contributed by atoms with Crippen LogP contribution in [0.15, 0.2) is 0 Å². The molecule has 0 N–H and O–H groups in total. The summed E-state index contributed by atoms with van der Waals surface area (Å²) in [4.78, 5) is 0. The first kappa shape index (κ1) is 45.0. The van der Waals surface area contributed by atoms with Gasteiger partial charge in [0.25, 0.3) is 0 Å². The molecule has 19 heteroatoms. The van der Waals surface area contributed by atoms with Gasteiger partial charge in [-0.25, -0.2) is 0 Å². The molecular formula is H2K2O12W3Yb2. The van der Waals surface area contributed by atoms with Gasteiger partial charge in [-0.2, -0.15) is 0 Å². The van der Waals surface area contributed by atoms with Crippen LogP contribution in [-0.4, -0.2) is 103 Å². The van der Waals surface area contributed by atoms with Crippen molar-refractivity contribution in [1.29, 1.82) is 0 Å². The van der Waals surface area contributed by atoms with Crippen molar-refractivity contribution in [3.05, 3.63) is 0 Å². The summed E-state index contributed by atoms with van der Waals surface area (Å²) in [5.41, 5.74) is 0. The molecule has 0 saturated heterocycles. The smallest absolute Gasteiger partial charge is 3.00 e. The van der Waals surface area contributed by atoms with Crippen LogP contribution >= 0.6 is 0 Å². The van der Waals surface area contributed by atoms with Crippen LogP contribution in [0, 0.1) is 93.8 Å². The van der Waals surface area contributed by atoms with Gasteiger partial charge in [0.1, 0.15) is 0 Å². The van der Waals surface area contributed by atoms with Gasteiger partial charge in [0.2, 0.25) is 0 Å². The largest absolute Gasteiger partial charge is 3.00 e. The van der Waals surface area contributed by atoms with Crippen LogP contribution in [0.2, 0.25) is 0 Å². The van der Waals surface area contributed by atoms with E-state index >= 15 is 0 Å². The predicted octanol–water partition coefficient (Wildman–Crippen LogP) is -9.15. The van der Waals surface area contributed by atoms with Crippen molar-refractivity contribution in [2.75, 3.05) is 0 Å². The van der Waals surface area contributed by atoms with E-state index in [0.717, 1.165) is 0 Å². The molecule has 0 saturated carbocycles. The Hall–Kier alpha value is 6.94. The molecule has 0 aliphatic carbocycles. The summed E-state index contributed by atoms with van der Waals surface area (Å²) >= 11 is -18.5. The van der Waals surface area contributed by atoms with Crippen LogP contribution in [0.4, 0.5) is 0 Å². The zero-order valence-corrected chi connectivity index (χ0v) is 18.9. The van der Waals surface area contributed by atoms with Crippen molar-refractivity contribution in [3.63, 3.8) is 0 Å². The Morgan fingerprint density at radius 3 is 0.421 bits per heavy atom. The maximum Gasteiger partial charge on any atom is 3.00 e. The summed E-state index contributed by atoms with van der Waals surface area (Å²) in [6.45, 7) is 0. The first-order valence-electron chi connectivity index (χ1n) is 2.00. The summed E-state index contributed by atoms with van der Waals surface area (Å²) in [5, 5.41) is 0. The quantitative estimate of drug-likeness (QED) is 0.206. The molecule has 2 radical (unpaired) electrons. The second-order valence-electron chi connectivity index (χ2n) is 1.22. The van der Waals surface area contributed by atoms with Crippen LogP contribution in [0.25, 0.3) is 0 Å². The van der Waals surface area contributed by atoms with E-state index in [0.29, 0.717) is 0 Å². The minimum atomic E-state index is -6.17. The topological polar surface area (TPSA) is 241 Å². The maximum absolute atomic E-state index is 8.65. The standard InChI is InChI=1S/2K.12O.3W.2Yb.2H/q;;;;;;;;6*-1;;;;2*+3;;. The molecule has 0 aromatic rings. The van der Waals surface area contributed by atoms with Crippen LogP contribution in [0.3, 0.4) is 0 Å². The Morgan fingerprint density at radius 1 is 0.421 bits per heavy atom. The number of rotatable bonds is 0. The van der Waals surface area contributed by atoms with Crippen molar-refractivity contribution in [2.45, 2.75) is 0 Å². The van der Waals surface area contributed by atoms with Crippen LogP contribution in [0.5, 0.6) is 0 Å². The third-order valence-corrected chi connectivity index (χ3v) is 0. The molecule has 0 aliphatic heterocycles. The van der Waals surface area contributed by atoms with Gasteiger partial charge in [0, 0.05) is 0 Å². The Morgan fingerprint density at radius 2 is 0.421 bits per heavy atom. The van der Waals surface area contributed by atoms with E-state index in [2.05, 4.69) is 0 Å². The van der Waals surface area contributed by atoms with Crippen molar-refractivity contribution in [1.82, 2.24) is 0 Å². The van der Waals surface area contributed by atoms with Gasteiger partial charge in [-0.3, -0.25) is 0 Å². The van der Waals surface area contributed by atoms with E-state index in [1.807, 2.05) is 0 Å². The molecule has 12 nitrogen and oxygen atoms in total. The van der Waals surface area contributed by atoms with E-state index in [4.69, 9.17) is 42.9 Å². The van der Waals surface area contributed by atoms with Crippen molar-refractivity contribution < 1.29 is 187 Å². The van der Waals surface area contributed by atoms with Gasteiger partial charge in [-0.15, -0.1) is 0 Å². The van der Waals surface area contributed by atoms with Crippen molar-refractivity contribution >= 4 is 103 Å². The molecule has 0 amide bonds. The SMILES string of the molecule is [KH].[KH].[O]=[W](=[O])([O-])[O-].[O]=[W](=[O])([O-])[O-].[O]=[W](=[O])([O-])[O-].[Yb+3].[Yb+3]. The molecule has 122 valence electrons. The number of hydrogen-bond acceptors (Lipinski definition) is 12. The van der Waals surface area contributed by atoms with E-state index in [-0.39, 0.29) is 197 Å². The van der Waals surface area contributed by atoms with Crippen LogP contribution in [0.1, 0.15) is 0 Å². The van der Waals surface area contributed by atoms with Crippen LogP contribution < -0.4 is 22.6 Å². The Balaban J connectivity index is -0.0000000206. The fourth-order valence-corrected chi connectivity index (χ4v) is 0. The average Bonchev–Trinajstić information content (AvgIpc) is 1.41. The van der Waals surface area contributed by atoms with E-state index in [1.54, 1.807) is 0 Å². The number of hydrogen-bond donors (Lipinski definition) is 0. The third kappa shape index (κ3) is 273. The molecule has 19 heavy (non-hydrogen) atoms. The zero-order chi connectivity index (χ0) is 13.5. The molecule has 0 atom stereocenters. The van der Waals surface area contributed by atoms with Gasteiger partial charge >= 0.3 is 290 Å². The van der Waals surface area contributed by atoms with Crippen LogP contribution in [-0.2, 0) is 70.6 Å². The molecule has 0 unspecified atom stereocenters. The normalized spacial score (nSPS) is 9.16. The molecule has 0 spiro atoms. The van der Waals surface area contributed by atoms with E-state index in [9.17, 15) is 0 Å². The first-order chi connectivity index (χ1) is 6.00. The molecule has 0 heterocycles. The second-order valence-corrected chi connectivity index (χ2v) is 10.0. The van der Waals surface area contributed by atoms with E-state index < -0.39 is 50.2 Å². The second kappa shape index (κ2) is 23.0. The fraction of sp³-hybridized carbons (Fsp3) is 0. The summed E-state index contributed by atoms with van der Waals surface area (Å²) < 4.78 is 104. The maximum atomic E-state index is 8.65. The van der Waals surface area contributed by atoms with Gasteiger partial charge in [-0.05, 0) is 0 Å². The third-order valence-electron chi connectivity index (χ3n) is 0. The van der Waals surface area contributed by atoms with E-state index in [1.165, 1.54) is 0 Å². The molecule has 0 aromatic carbocycles. The molecule has 0 fully saturated rings. The molecule has 0 aromatic heterocycles. The zero-order valence-electron chi connectivity index (χ0n) is 6.66.